The Labute approximate surface area is 178 Å². The van der Waals surface area contributed by atoms with E-state index in [0.717, 1.165) is 0 Å². The summed E-state index contributed by atoms with van der Waals surface area (Å²) in [7, 11) is -3.25. The molecule has 7 nitrogen and oxygen atoms in total. The second kappa shape index (κ2) is 8.29. The van der Waals surface area contributed by atoms with Crippen molar-refractivity contribution in [1.29, 1.82) is 0 Å². The SMILES string of the molecule is O=C(Nc1cccc(NC(=O)c2cccs2)c1)c1ccc(N2CCCS2(=O)=O)cc1. The Morgan fingerprint density at radius 1 is 0.900 bits per heavy atom. The number of hydrogen-bond acceptors (Lipinski definition) is 5. The van der Waals surface area contributed by atoms with E-state index in [1.54, 1.807) is 60.7 Å². The van der Waals surface area contributed by atoms with Crippen molar-refractivity contribution in [2.75, 3.05) is 27.2 Å². The fourth-order valence-corrected chi connectivity index (χ4v) is 5.37. The van der Waals surface area contributed by atoms with Gasteiger partial charge in [0.1, 0.15) is 0 Å². The number of anilines is 3. The van der Waals surface area contributed by atoms with Crippen LogP contribution in [0.5, 0.6) is 0 Å². The van der Waals surface area contributed by atoms with Crippen molar-refractivity contribution in [3.8, 4) is 0 Å². The Balaban J connectivity index is 1.43. The average molecular weight is 442 g/mol. The fraction of sp³-hybridized carbons (Fsp3) is 0.143. The van der Waals surface area contributed by atoms with Crippen LogP contribution in [0.3, 0.4) is 0 Å². The van der Waals surface area contributed by atoms with Gasteiger partial charge in [-0.1, -0.05) is 12.1 Å². The van der Waals surface area contributed by atoms with Crippen molar-refractivity contribution in [2.45, 2.75) is 6.42 Å². The first-order valence-electron chi connectivity index (χ1n) is 9.29. The van der Waals surface area contributed by atoms with Crippen LogP contribution in [-0.4, -0.2) is 32.5 Å². The lowest BCUT2D eigenvalue weighted by Crippen LogP contribution is -2.25. The summed E-state index contributed by atoms with van der Waals surface area (Å²) in [5.74, 6) is -0.386. The van der Waals surface area contributed by atoms with Gasteiger partial charge in [-0.25, -0.2) is 8.42 Å². The molecule has 2 heterocycles. The van der Waals surface area contributed by atoms with Crippen molar-refractivity contribution < 1.29 is 18.0 Å². The highest BCUT2D eigenvalue weighted by atomic mass is 32.2. The van der Waals surface area contributed by atoms with E-state index in [1.807, 2.05) is 5.38 Å². The zero-order valence-electron chi connectivity index (χ0n) is 15.9. The molecule has 1 fully saturated rings. The van der Waals surface area contributed by atoms with Crippen LogP contribution >= 0.6 is 11.3 Å². The minimum Gasteiger partial charge on any atom is -0.322 e. The third-order valence-electron chi connectivity index (χ3n) is 4.64. The highest BCUT2D eigenvalue weighted by Gasteiger charge is 2.28. The molecule has 1 aliphatic rings. The first kappa shape index (κ1) is 20.1. The average Bonchev–Trinajstić information content (AvgIpc) is 3.38. The number of hydrogen-bond donors (Lipinski definition) is 2. The Morgan fingerprint density at radius 2 is 1.60 bits per heavy atom. The van der Waals surface area contributed by atoms with E-state index >= 15 is 0 Å². The molecule has 1 aliphatic heterocycles. The Morgan fingerprint density at radius 3 is 2.20 bits per heavy atom. The summed E-state index contributed by atoms with van der Waals surface area (Å²) in [4.78, 5) is 25.3. The number of rotatable bonds is 5. The van der Waals surface area contributed by atoms with Gasteiger partial charge in [-0.3, -0.25) is 13.9 Å². The summed E-state index contributed by atoms with van der Waals surface area (Å²) in [5.41, 5.74) is 2.07. The van der Waals surface area contributed by atoms with Gasteiger partial charge in [0.2, 0.25) is 10.0 Å². The number of benzene rings is 2. The zero-order valence-corrected chi connectivity index (χ0v) is 17.5. The van der Waals surface area contributed by atoms with Gasteiger partial charge >= 0.3 is 0 Å². The lowest BCUT2D eigenvalue weighted by atomic mass is 10.2. The van der Waals surface area contributed by atoms with E-state index in [2.05, 4.69) is 10.6 Å². The third kappa shape index (κ3) is 4.37. The van der Waals surface area contributed by atoms with Crippen LogP contribution in [0.1, 0.15) is 26.5 Å². The number of thiophene rings is 1. The van der Waals surface area contributed by atoms with Gasteiger partial charge in [0, 0.05) is 23.5 Å². The van der Waals surface area contributed by atoms with Gasteiger partial charge < -0.3 is 10.6 Å². The molecule has 0 radical (unpaired) electrons. The van der Waals surface area contributed by atoms with Gasteiger partial charge in [0.05, 0.1) is 16.3 Å². The molecule has 9 heteroatoms. The van der Waals surface area contributed by atoms with Crippen molar-refractivity contribution in [2.24, 2.45) is 0 Å². The number of nitrogens with one attached hydrogen (secondary N) is 2. The molecule has 3 aromatic rings. The molecule has 30 heavy (non-hydrogen) atoms. The maximum atomic E-state index is 12.6. The molecule has 0 spiro atoms. The highest BCUT2D eigenvalue weighted by molar-refractivity contribution is 7.93. The molecule has 0 unspecified atom stereocenters. The van der Waals surface area contributed by atoms with Crippen molar-refractivity contribution >= 4 is 50.2 Å². The molecular formula is C21H19N3O4S2. The van der Waals surface area contributed by atoms with Crippen LogP contribution in [0.2, 0.25) is 0 Å². The van der Waals surface area contributed by atoms with E-state index in [0.29, 0.717) is 40.5 Å². The van der Waals surface area contributed by atoms with Crippen LogP contribution in [0.25, 0.3) is 0 Å². The molecule has 2 amide bonds. The minimum atomic E-state index is -3.25. The van der Waals surface area contributed by atoms with Crippen LogP contribution < -0.4 is 14.9 Å². The number of amides is 2. The Kier molecular flexibility index (Phi) is 5.56. The van der Waals surface area contributed by atoms with E-state index < -0.39 is 10.0 Å². The smallest absolute Gasteiger partial charge is 0.265 e. The maximum Gasteiger partial charge on any atom is 0.265 e. The molecule has 0 atom stereocenters. The lowest BCUT2D eigenvalue weighted by molar-refractivity contribution is 0.102. The van der Waals surface area contributed by atoms with Crippen molar-refractivity contribution in [3.05, 3.63) is 76.5 Å². The van der Waals surface area contributed by atoms with Gasteiger partial charge in [-0.05, 0) is 60.3 Å². The minimum absolute atomic E-state index is 0.147. The van der Waals surface area contributed by atoms with Crippen LogP contribution in [-0.2, 0) is 10.0 Å². The zero-order chi connectivity index (χ0) is 21.1. The Bertz CT molecular complexity index is 1170. The van der Waals surface area contributed by atoms with Gasteiger partial charge in [-0.2, -0.15) is 0 Å². The third-order valence-corrected chi connectivity index (χ3v) is 7.38. The first-order chi connectivity index (χ1) is 14.4. The largest absolute Gasteiger partial charge is 0.322 e. The maximum absolute atomic E-state index is 12.6. The second-order valence-corrected chi connectivity index (χ2v) is 9.72. The summed E-state index contributed by atoms with van der Waals surface area (Å²) >= 11 is 1.35. The van der Waals surface area contributed by atoms with Crippen LogP contribution in [0.15, 0.2) is 66.0 Å². The quantitative estimate of drug-likeness (QED) is 0.630. The lowest BCUT2D eigenvalue weighted by Gasteiger charge is -2.17. The van der Waals surface area contributed by atoms with E-state index in [1.165, 1.54) is 15.6 Å². The molecule has 4 rings (SSSR count). The van der Waals surface area contributed by atoms with Crippen molar-refractivity contribution in [1.82, 2.24) is 0 Å². The standard InChI is InChI=1S/C21H19N3O4S2/c25-20(15-7-9-18(10-8-15)24-11-3-13-30(24,27)28)22-16-4-1-5-17(14-16)23-21(26)19-6-2-12-29-19/h1-2,4-10,12,14H,3,11,13H2,(H,22,25)(H,23,26). The Hall–Kier alpha value is -3.17. The van der Waals surface area contributed by atoms with Gasteiger partial charge in [0.25, 0.3) is 11.8 Å². The van der Waals surface area contributed by atoms with E-state index in [9.17, 15) is 18.0 Å². The monoisotopic (exact) mass is 441 g/mol. The van der Waals surface area contributed by atoms with Crippen LogP contribution in [0, 0.1) is 0 Å². The molecule has 2 N–H and O–H groups in total. The first-order valence-corrected chi connectivity index (χ1v) is 11.8. The molecule has 2 aromatic carbocycles. The molecule has 1 aromatic heterocycles. The van der Waals surface area contributed by atoms with Crippen LogP contribution in [0.4, 0.5) is 17.1 Å². The highest BCUT2D eigenvalue weighted by Crippen LogP contribution is 2.24. The predicted molar refractivity (Wildman–Crippen MR) is 119 cm³/mol. The van der Waals surface area contributed by atoms with E-state index in [4.69, 9.17) is 0 Å². The molecule has 1 saturated heterocycles. The number of carbonyl (C=O) groups is 2. The van der Waals surface area contributed by atoms with Gasteiger partial charge in [-0.15, -0.1) is 11.3 Å². The molecule has 154 valence electrons. The molecule has 0 bridgehead atoms. The molecule has 0 saturated carbocycles. The van der Waals surface area contributed by atoms with E-state index in [-0.39, 0.29) is 17.6 Å². The van der Waals surface area contributed by atoms with Crippen molar-refractivity contribution in [3.63, 3.8) is 0 Å². The molecule has 0 aliphatic carbocycles. The molecular weight excluding hydrogens is 422 g/mol. The normalized spacial score (nSPS) is 15.0. The summed E-state index contributed by atoms with van der Waals surface area (Å²) < 4.78 is 25.4. The topological polar surface area (TPSA) is 95.6 Å². The number of nitrogens with zero attached hydrogens (tertiary/aromatic N) is 1. The number of carbonyl (C=O) groups excluding carboxylic acids is 2. The number of sulfonamides is 1. The summed E-state index contributed by atoms with van der Waals surface area (Å²) in [6.07, 6.45) is 0.601. The predicted octanol–water partition coefficient (Wildman–Crippen LogP) is 3.79. The summed E-state index contributed by atoms with van der Waals surface area (Å²) in [6.45, 7) is 0.456. The fourth-order valence-electron chi connectivity index (χ4n) is 3.19. The summed E-state index contributed by atoms with van der Waals surface area (Å²) in [6, 6.07) is 16.9. The second-order valence-electron chi connectivity index (χ2n) is 6.75. The van der Waals surface area contributed by atoms with Gasteiger partial charge in [0.15, 0.2) is 0 Å². The summed E-state index contributed by atoms with van der Waals surface area (Å²) in [5, 5.41) is 7.42.